The minimum Gasteiger partial charge on any atom is -0.454 e. The first kappa shape index (κ1) is 18.2. The normalized spacial score (nSPS) is 10.9. The summed E-state index contributed by atoms with van der Waals surface area (Å²) in [5.74, 6) is -0.771. The van der Waals surface area contributed by atoms with Crippen molar-refractivity contribution in [1.82, 2.24) is 0 Å². The quantitative estimate of drug-likeness (QED) is 0.567. The maximum atomic E-state index is 12.4. The lowest BCUT2D eigenvalue weighted by Gasteiger charge is -2.23. The fourth-order valence-corrected chi connectivity index (χ4v) is 2.31. The van der Waals surface area contributed by atoms with Crippen molar-refractivity contribution in [3.63, 3.8) is 0 Å². The molecule has 0 aliphatic carbocycles. The Labute approximate surface area is 134 Å². The van der Waals surface area contributed by atoms with Crippen molar-refractivity contribution in [2.45, 2.75) is 32.1 Å². The first-order valence-electron chi connectivity index (χ1n) is 6.74. The SMILES string of the molecule is CSCc1ccc(C(=O)C(C)(C)OC(=O)COC(C)=O)cc1. The summed E-state index contributed by atoms with van der Waals surface area (Å²) < 4.78 is 9.66. The number of thioether (sulfide) groups is 1. The molecule has 0 fully saturated rings. The van der Waals surface area contributed by atoms with Crippen LogP contribution >= 0.6 is 11.8 Å². The molecular weight excluding hydrogens is 304 g/mol. The van der Waals surface area contributed by atoms with E-state index in [0.29, 0.717) is 5.56 Å². The van der Waals surface area contributed by atoms with Crippen LogP contribution in [0.4, 0.5) is 0 Å². The summed E-state index contributed by atoms with van der Waals surface area (Å²) >= 11 is 1.69. The van der Waals surface area contributed by atoms with Gasteiger partial charge in [0, 0.05) is 18.2 Å². The van der Waals surface area contributed by atoms with Gasteiger partial charge in [-0.15, -0.1) is 0 Å². The van der Waals surface area contributed by atoms with Crippen LogP contribution in [0.1, 0.15) is 36.7 Å². The molecule has 0 aliphatic rings. The molecule has 0 radical (unpaired) electrons. The number of Topliss-reactive ketones (excluding diaryl/α,β-unsaturated/α-hetero) is 1. The van der Waals surface area contributed by atoms with Gasteiger partial charge in [-0.2, -0.15) is 11.8 Å². The number of hydrogen-bond acceptors (Lipinski definition) is 6. The van der Waals surface area contributed by atoms with E-state index < -0.39 is 24.1 Å². The first-order valence-corrected chi connectivity index (χ1v) is 8.13. The summed E-state index contributed by atoms with van der Waals surface area (Å²) in [6.45, 7) is 3.71. The van der Waals surface area contributed by atoms with Gasteiger partial charge in [0.1, 0.15) is 0 Å². The number of esters is 2. The minimum atomic E-state index is -1.32. The Hall–Kier alpha value is -1.82. The fraction of sp³-hybridized carbons (Fsp3) is 0.438. The monoisotopic (exact) mass is 324 g/mol. The predicted molar refractivity (Wildman–Crippen MR) is 84.8 cm³/mol. The van der Waals surface area contributed by atoms with Crippen molar-refractivity contribution in [3.05, 3.63) is 35.4 Å². The maximum absolute atomic E-state index is 12.4. The second-order valence-corrected chi connectivity index (χ2v) is 6.09. The van der Waals surface area contributed by atoms with E-state index in [-0.39, 0.29) is 5.78 Å². The molecule has 0 amide bonds. The van der Waals surface area contributed by atoms with Crippen LogP contribution in [-0.4, -0.2) is 36.2 Å². The number of hydrogen-bond donors (Lipinski definition) is 0. The van der Waals surface area contributed by atoms with Crippen molar-refractivity contribution < 1.29 is 23.9 Å². The number of ether oxygens (including phenoxy) is 2. The molecule has 0 saturated carbocycles. The van der Waals surface area contributed by atoms with Gasteiger partial charge in [0.05, 0.1) is 0 Å². The van der Waals surface area contributed by atoms with Crippen LogP contribution in [-0.2, 0) is 24.8 Å². The summed E-state index contributed by atoms with van der Waals surface area (Å²) in [6, 6.07) is 7.19. The Morgan fingerprint density at radius 3 is 2.23 bits per heavy atom. The van der Waals surface area contributed by atoms with Crippen LogP contribution < -0.4 is 0 Å². The van der Waals surface area contributed by atoms with Crippen LogP contribution in [0.2, 0.25) is 0 Å². The minimum absolute atomic E-state index is 0.306. The summed E-state index contributed by atoms with van der Waals surface area (Å²) in [5.41, 5.74) is 0.266. The molecule has 0 atom stereocenters. The molecule has 0 aliphatic heterocycles. The van der Waals surface area contributed by atoms with Gasteiger partial charge in [-0.05, 0) is 25.7 Å². The molecule has 120 valence electrons. The van der Waals surface area contributed by atoms with E-state index in [0.717, 1.165) is 11.3 Å². The summed E-state index contributed by atoms with van der Waals surface area (Å²) in [4.78, 5) is 34.7. The predicted octanol–water partition coefficient (Wildman–Crippen LogP) is 2.62. The summed E-state index contributed by atoms with van der Waals surface area (Å²) in [6.07, 6.45) is 2.00. The largest absolute Gasteiger partial charge is 0.454 e. The summed E-state index contributed by atoms with van der Waals surface area (Å²) in [5, 5.41) is 0. The van der Waals surface area contributed by atoms with Gasteiger partial charge in [-0.3, -0.25) is 9.59 Å². The van der Waals surface area contributed by atoms with Crippen LogP contribution in [0.3, 0.4) is 0 Å². The first-order chi connectivity index (χ1) is 10.3. The number of carbonyl (C=O) groups excluding carboxylic acids is 3. The third-order valence-electron chi connectivity index (χ3n) is 2.84. The number of carbonyl (C=O) groups is 3. The molecule has 0 heterocycles. The lowest BCUT2D eigenvalue weighted by atomic mass is 9.96. The molecule has 1 aromatic rings. The number of ketones is 1. The highest BCUT2D eigenvalue weighted by Gasteiger charge is 2.33. The molecule has 0 aromatic heterocycles. The molecule has 0 spiro atoms. The highest BCUT2D eigenvalue weighted by molar-refractivity contribution is 7.97. The van der Waals surface area contributed by atoms with Crippen molar-refractivity contribution in [2.75, 3.05) is 12.9 Å². The van der Waals surface area contributed by atoms with Gasteiger partial charge in [-0.1, -0.05) is 24.3 Å². The molecule has 1 aromatic carbocycles. The van der Waals surface area contributed by atoms with Gasteiger partial charge in [-0.25, -0.2) is 4.79 Å². The van der Waals surface area contributed by atoms with Crippen molar-refractivity contribution in [1.29, 1.82) is 0 Å². The van der Waals surface area contributed by atoms with Crippen molar-refractivity contribution >= 4 is 29.5 Å². The van der Waals surface area contributed by atoms with Gasteiger partial charge >= 0.3 is 11.9 Å². The number of rotatable bonds is 7. The Bertz CT molecular complexity index is 548. The van der Waals surface area contributed by atoms with Crippen LogP contribution in [0.15, 0.2) is 24.3 Å². The Morgan fingerprint density at radius 2 is 1.73 bits per heavy atom. The van der Waals surface area contributed by atoms with Crippen LogP contribution in [0.5, 0.6) is 0 Å². The maximum Gasteiger partial charge on any atom is 0.345 e. The molecule has 0 unspecified atom stereocenters. The Kier molecular flexibility index (Phi) is 6.61. The third-order valence-corrected chi connectivity index (χ3v) is 3.46. The lowest BCUT2D eigenvalue weighted by Crippen LogP contribution is -2.38. The van der Waals surface area contributed by atoms with E-state index in [1.807, 2.05) is 18.4 Å². The fourth-order valence-electron chi connectivity index (χ4n) is 1.79. The zero-order valence-corrected chi connectivity index (χ0v) is 14.0. The molecule has 1 rings (SSSR count). The van der Waals surface area contributed by atoms with E-state index in [1.54, 1.807) is 23.9 Å². The second-order valence-electron chi connectivity index (χ2n) is 5.22. The second kappa shape index (κ2) is 7.98. The Balaban J connectivity index is 2.72. The standard InChI is InChI=1S/C16H20O5S/c1-11(17)20-9-14(18)21-16(2,3)15(19)13-7-5-12(6-8-13)10-22-4/h5-8H,9-10H2,1-4H3. The van der Waals surface area contributed by atoms with E-state index in [1.165, 1.54) is 20.8 Å². The van der Waals surface area contributed by atoms with Crippen molar-refractivity contribution in [3.8, 4) is 0 Å². The van der Waals surface area contributed by atoms with E-state index in [9.17, 15) is 14.4 Å². The molecule has 0 saturated heterocycles. The smallest absolute Gasteiger partial charge is 0.345 e. The van der Waals surface area contributed by atoms with E-state index in [4.69, 9.17) is 4.74 Å². The van der Waals surface area contributed by atoms with E-state index >= 15 is 0 Å². The average Bonchev–Trinajstić information content (AvgIpc) is 2.45. The highest BCUT2D eigenvalue weighted by atomic mass is 32.2. The topological polar surface area (TPSA) is 69.7 Å². The highest BCUT2D eigenvalue weighted by Crippen LogP contribution is 2.19. The number of benzene rings is 1. The van der Waals surface area contributed by atoms with Crippen LogP contribution in [0, 0.1) is 0 Å². The zero-order chi connectivity index (χ0) is 16.8. The van der Waals surface area contributed by atoms with Crippen LogP contribution in [0.25, 0.3) is 0 Å². The van der Waals surface area contributed by atoms with E-state index in [2.05, 4.69) is 4.74 Å². The zero-order valence-electron chi connectivity index (χ0n) is 13.2. The lowest BCUT2D eigenvalue weighted by molar-refractivity contribution is -0.163. The molecule has 22 heavy (non-hydrogen) atoms. The van der Waals surface area contributed by atoms with Gasteiger partial charge in [0.25, 0.3) is 0 Å². The van der Waals surface area contributed by atoms with Gasteiger partial charge in [0.2, 0.25) is 5.78 Å². The molecular formula is C16H20O5S. The third kappa shape index (κ3) is 5.52. The average molecular weight is 324 g/mol. The molecule has 6 heteroatoms. The molecule has 0 N–H and O–H groups in total. The van der Waals surface area contributed by atoms with Gasteiger partial charge in [0.15, 0.2) is 12.2 Å². The van der Waals surface area contributed by atoms with Crippen molar-refractivity contribution in [2.24, 2.45) is 0 Å². The van der Waals surface area contributed by atoms with Gasteiger partial charge < -0.3 is 9.47 Å². The summed E-state index contributed by atoms with van der Waals surface area (Å²) in [7, 11) is 0. The molecule has 5 nitrogen and oxygen atoms in total. The molecule has 0 bridgehead atoms. The Morgan fingerprint density at radius 1 is 1.14 bits per heavy atom.